The molecule has 2 aromatic carbocycles. The molecular weight excluding hydrogens is 374 g/mol. The van der Waals surface area contributed by atoms with Crippen molar-refractivity contribution in [2.75, 3.05) is 7.11 Å². The van der Waals surface area contributed by atoms with Gasteiger partial charge in [0.05, 0.1) is 30.6 Å². The molecule has 0 aliphatic heterocycles. The fourth-order valence-electron chi connectivity index (χ4n) is 3.02. The van der Waals surface area contributed by atoms with Gasteiger partial charge in [0, 0.05) is 29.1 Å². The number of aromatic nitrogens is 3. The molecule has 0 saturated carbocycles. The summed E-state index contributed by atoms with van der Waals surface area (Å²) in [6.07, 6.45) is 4.86. The van der Waals surface area contributed by atoms with Gasteiger partial charge < -0.3 is 4.74 Å². The summed E-state index contributed by atoms with van der Waals surface area (Å²) >= 11 is 0. The number of fused-ring (bicyclic) bond motifs is 1. The molecule has 0 atom stereocenters. The van der Waals surface area contributed by atoms with E-state index in [4.69, 9.17) is 4.74 Å². The third kappa shape index (κ3) is 3.52. The number of imidazole rings is 1. The SMILES string of the molecule is CC.COc1nccn2c(-c3ccc(F)c(-c4c(F)cccc4C#N)c3)cnc12. The number of hydrogen-bond acceptors (Lipinski definition) is 4. The van der Waals surface area contributed by atoms with Crippen LogP contribution < -0.4 is 4.74 Å². The molecule has 0 aliphatic rings. The number of ether oxygens (including phenoxy) is 1. The number of nitrogens with zero attached hydrogens (tertiary/aromatic N) is 4. The zero-order chi connectivity index (χ0) is 21.0. The molecule has 0 saturated heterocycles. The van der Waals surface area contributed by atoms with Crippen LogP contribution in [0.3, 0.4) is 0 Å². The molecule has 4 rings (SSSR count). The van der Waals surface area contributed by atoms with Gasteiger partial charge in [-0.2, -0.15) is 5.26 Å². The topological polar surface area (TPSA) is 63.2 Å². The van der Waals surface area contributed by atoms with Crippen molar-refractivity contribution in [3.63, 3.8) is 0 Å². The number of methoxy groups -OCH3 is 1. The van der Waals surface area contributed by atoms with Crippen molar-refractivity contribution in [1.82, 2.24) is 14.4 Å². The van der Waals surface area contributed by atoms with E-state index in [0.29, 0.717) is 22.8 Å². The Balaban J connectivity index is 0.00000117. The molecule has 0 N–H and O–H groups in total. The standard InChI is InChI=1S/C20H12F2N4O.C2H6/c1-27-20-19-25-11-17(26(19)8-7-24-20)12-5-6-15(21)14(9-12)18-13(10-23)3-2-4-16(18)22;1-2/h2-9,11H,1H3;1-2H3. The third-order valence-corrected chi connectivity index (χ3v) is 4.25. The number of nitriles is 1. The summed E-state index contributed by atoms with van der Waals surface area (Å²) in [7, 11) is 1.49. The van der Waals surface area contributed by atoms with Crippen LogP contribution in [0.25, 0.3) is 28.0 Å². The predicted octanol–water partition coefficient (Wildman–Crippen LogP) is 5.25. The molecule has 5 nitrogen and oxygen atoms in total. The van der Waals surface area contributed by atoms with Gasteiger partial charge in [-0.25, -0.2) is 18.7 Å². The van der Waals surface area contributed by atoms with Gasteiger partial charge in [0.2, 0.25) is 5.65 Å². The Morgan fingerprint density at radius 2 is 1.86 bits per heavy atom. The van der Waals surface area contributed by atoms with E-state index in [1.165, 1.54) is 37.4 Å². The molecule has 0 aliphatic carbocycles. The minimum Gasteiger partial charge on any atom is -0.478 e. The molecular formula is C22H18F2N4O. The molecule has 146 valence electrons. The second-order valence-corrected chi connectivity index (χ2v) is 5.74. The van der Waals surface area contributed by atoms with Crippen LogP contribution in [0.4, 0.5) is 8.78 Å². The predicted molar refractivity (Wildman–Crippen MR) is 106 cm³/mol. The number of benzene rings is 2. The largest absolute Gasteiger partial charge is 0.478 e. The van der Waals surface area contributed by atoms with Crippen molar-refractivity contribution in [2.45, 2.75) is 13.8 Å². The maximum Gasteiger partial charge on any atom is 0.258 e. The quantitative estimate of drug-likeness (QED) is 0.478. The van der Waals surface area contributed by atoms with Gasteiger partial charge in [0.15, 0.2) is 0 Å². The van der Waals surface area contributed by atoms with E-state index < -0.39 is 11.6 Å². The first-order valence-corrected chi connectivity index (χ1v) is 8.99. The summed E-state index contributed by atoms with van der Waals surface area (Å²) in [6, 6.07) is 10.3. The Morgan fingerprint density at radius 3 is 2.59 bits per heavy atom. The van der Waals surface area contributed by atoms with Crippen molar-refractivity contribution in [1.29, 1.82) is 5.26 Å². The number of halogens is 2. The fraction of sp³-hybridized carbons (Fsp3) is 0.136. The molecule has 0 amide bonds. The van der Waals surface area contributed by atoms with Crippen molar-refractivity contribution in [3.05, 3.63) is 72.2 Å². The molecule has 0 fully saturated rings. The molecule has 7 heteroatoms. The maximum atomic E-state index is 14.5. The van der Waals surface area contributed by atoms with Crippen molar-refractivity contribution in [3.8, 4) is 34.3 Å². The minimum atomic E-state index is -0.658. The van der Waals surface area contributed by atoms with Gasteiger partial charge in [-0.05, 0) is 30.3 Å². The highest BCUT2D eigenvalue weighted by Gasteiger charge is 2.17. The maximum absolute atomic E-state index is 14.5. The first-order valence-electron chi connectivity index (χ1n) is 8.99. The normalized spacial score (nSPS) is 10.2. The van der Waals surface area contributed by atoms with Gasteiger partial charge >= 0.3 is 0 Å². The van der Waals surface area contributed by atoms with E-state index in [9.17, 15) is 14.0 Å². The van der Waals surface area contributed by atoms with Crippen LogP contribution in [0.15, 0.2) is 55.0 Å². The van der Waals surface area contributed by atoms with Gasteiger partial charge in [0.25, 0.3) is 5.88 Å². The van der Waals surface area contributed by atoms with Crippen molar-refractivity contribution >= 4 is 5.65 Å². The zero-order valence-electron chi connectivity index (χ0n) is 16.1. The van der Waals surface area contributed by atoms with Gasteiger partial charge in [-0.15, -0.1) is 0 Å². The third-order valence-electron chi connectivity index (χ3n) is 4.25. The minimum absolute atomic E-state index is 0.0121. The summed E-state index contributed by atoms with van der Waals surface area (Å²) in [5.41, 5.74) is 1.78. The summed E-state index contributed by atoms with van der Waals surface area (Å²) < 4.78 is 35.8. The van der Waals surface area contributed by atoms with E-state index in [0.717, 1.165) is 0 Å². The Hall–Kier alpha value is -3.79. The average Bonchev–Trinajstić information content (AvgIpc) is 3.20. The monoisotopic (exact) mass is 392 g/mol. The smallest absolute Gasteiger partial charge is 0.258 e. The lowest BCUT2D eigenvalue weighted by atomic mass is 9.97. The molecule has 29 heavy (non-hydrogen) atoms. The highest BCUT2D eigenvalue weighted by Crippen LogP contribution is 2.33. The molecule has 0 bridgehead atoms. The molecule has 0 unspecified atom stereocenters. The Labute approximate surface area is 166 Å². The summed E-state index contributed by atoms with van der Waals surface area (Å²) in [5, 5.41) is 9.27. The summed E-state index contributed by atoms with van der Waals surface area (Å²) in [6.45, 7) is 4.00. The lowest BCUT2D eigenvalue weighted by molar-refractivity contribution is 0.400. The molecule has 2 aromatic heterocycles. The van der Waals surface area contributed by atoms with Crippen LogP contribution in [0.5, 0.6) is 5.88 Å². The Morgan fingerprint density at radius 1 is 1.07 bits per heavy atom. The van der Waals surface area contributed by atoms with Gasteiger partial charge in [-0.1, -0.05) is 19.9 Å². The second kappa shape index (κ2) is 8.48. The summed E-state index contributed by atoms with van der Waals surface area (Å²) in [4.78, 5) is 8.39. The molecule has 0 radical (unpaired) electrons. The first-order chi connectivity index (χ1) is 14.1. The van der Waals surface area contributed by atoms with E-state index >= 15 is 0 Å². The van der Waals surface area contributed by atoms with E-state index in [1.807, 2.05) is 19.9 Å². The van der Waals surface area contributed by atoms with E-state index in [-0.39, 0.29) is 16.7 Å². The highest BCUT2D eigenvalue weighted by molar-refractivity contribution is 5.77. The summed E-state index contributed by atoms with van der Waals surface area (Å²) in [5.74, 6) is -0.922. The number of rotatable bonds is 3. The van der Waals surface area contributed by atoms with Gasteiger partial charge in [0.1, 0.15) is 11.6 Å². The molecule has 0 spiro atoms. The van der Waals surface area contributed by atoms with Crippen LogP contribution in [0.1, 0.15) is 19.4 Å². The first kappa shape index (κ1) is 20.0. The van der Waals surface area contributed by atoms with E-state index in [1.54, 1.807) is 29.1 Å². The Kier molecular flexibility index (Phi) is 5.84. The average molecular weight is 392 g/mol. The van der Waals surface area contributed by atoms with Gasteiger partial charge in [-0.3, -0.25) is 4.40 Å². The second-order valence-electron chi connectivity index (χ2n) is 5.74. The fourth-order valence-corrected chi connectivity index (χ4v) is 3.02. The lowest BCUT2D eigenvalue weighted by Gasteiger charge is -2.10. The highest BCUT2D eigenvalue weighted by atomic mass is 19.1. The van der Waals surface area contributed by atoms with Crippen LogP contribution >= 0.6 is 0 Å². The molecule has 4 aromatic rings. The lowest BCUT2D eigenvalue weighted by Crippen LogP contribution is -1.96. The molecule has 2 heterocycles. The van der Waals surface area contributed by atoms with Crippen molar-refractivity contribution in [2.24, 2.45) is 0 Å². The van der Waals surface area contributed by atoms with Crippen LogP contribution in [0, 0.1) is 23.0 Å². The van der Waals surface area contributed by atoms with Crippen LogP contribution in [-0.4, -0.2) is 21.5 Å². The zero-order valence-corrected chi connectivity index (χ0v) is 16.1. The van der Waals surface area contributed by atoms with Crippen molar-refractivity contribution < 1.29 is 13.5 Å². The Bertz CT molecular complexity index is 1210. The van der Waals surface area contributed by atoms with E-state index in [2.05, 4.69) is 9.97 Å². The van der Waals surface area contributed by atoms with Crippen LogP contribution in [0.2, 0.25) is 0 Å². The number of hydrogen-bond donors (Lipinski definition) is 0. The van der Waals surface area contributed by atoms with Crippen LogP contribution in [-0.2, 0) is 0 Å².